The molecular weight excluding hydrogens is 262 g/mol. The second-order valence-corrected chi connectivity index (χ2v) is 5.51. The van der Waals surface area contributed by atoms with Crippen molar-refractivity contribution in [2.24, 2.45) is 5.92 Å². The largest absolute Gasteiger partial charge is 0.390 e. The molecule has 0 aromatic heterocycles. The maximum atomic E-state index is 9.90. The van der Waals surface area contributed by atoms with Crippen LogP contribution < -0.4 is 5.48 Å². The Kier molecular flexibility index (Phi) is 13.7. The van der Waals surface area contributed by atoms with Gasteiger partial charge in [0.25, 0.3) is 0 Å². The van der Waals surface area contributed by atoms with E-state index in [9.17, 15) is 5.11 Å². The van der Waals surface area contributed by atoms with Crippen molar-refractivity contribution in [3.63, 3.8) is 0 Å². The molecule has 1 rings (SSSR count). The molecule has 21 heavy (non-hydrogen) atoms. The third kappa shape index (κ3) is 9.62. The van der Waals surface area contributed by atoms with Crippen molar-refractivity contribution in [1.82, 2.24) is 5.48 Å². The second-order valence-electron chi connectivity index (χ2n) is 5.51. The Labute approximate surface area is 132 Å². The number of hydrogen-bond donors (Lipinski definition) is 3. The van der Waals surface area contributed by atoms with Gasteiger partial charge in [-0.15, -0.1) is 0 Å². The van der Waals surface area contributed by atoms with Crippen LogP contribution in [0.15, 0.2) is 30.3 Å². The van der Waals surface area contributed by atoms with Crippen LogP contribution >= 0.6 is 0 Å². The van der Waals surface area contributed by atoms with Gasteiger partial charge >= 0.3 is 0 Å². The molecule has 0 aliphatic rings. The topological polar surface area (TPSA) is 52.5 Å². The van der Waals surface area contributed by atoms with E-state index in [1.54, 1.807) is 0 Å². The minimum atomic E-state index is -0.408. The summed E-state index contributed by atoms with van der Waals surface area (Å²) in [6.45, 7) is 8.95. The van der Waals surface area contributed by atoms with E-state index in [4.69, 9.17) is 5.21 Å². The van der Waals surface area contributed by atoms with E-state index < -0.39 is 5.60 Å². The lowest BCUT2D eigenvalue weighted by atomic mass is 9.84. The molecule has 0 bridgehead atoms. The van der Waals surface area contributed by atoms with Crippen molar-refractivity contribution in [1.29, 1.82) is 0 Å². The molecule has 1 aromatic rings. The van der Waals surface area contributed by atoms with Crippen molar-refractivity contribution in [2.45, 2.75) is 66.4 Å². The summed E-state index contributed by atoms with van der Waals surface area (Å²) in [6, 6.07) is 10.0. The van der Waals surface area contributed by atoms with Gasteiger partial charge in [0.2, 0.25) is 0 Å². The molecule has 1 aromatic carbocycles. The molecule has 0 spiro atoms. The summed E-state index contributed by atoms with van der Waals surface area (Å²) in [5.41, 5.74) is 2.95. The van der Waals surface area contributed by atoms with Gasteiger partial charge in [-0.05, 0) is 30.7 Å². The summed E-state index contributed by atoms with van der Waals surface area (Å²) in [5.74, 6) is 0.387. The molecule has 0 saturated carbocycles. The zero-order chi connectivity index (χ0) is 15.4. The van der Waals surface area contributed by atoms with E-state index in [0.717, 1.165) is 25.7 Å². The summed E-state index contributed by atoms with van der Waals surface area (Å²) in [6.07, 6.45) is 3.75. The predicted octanol–water partition coefficient (Wildman–Crippen LogP) is 4.67. The van der Waals surface area contributed by atoms with Gasteiger partial charge in [-0.25, -0.2) is 5.48 Å². The zero-order valence-electron chi connectivity index (χ0n) is 13.4. The third-order valence-corrected chi connectivity index (χ3v) is 3.74. The standard InChI is InChI=1S/C9H20O.C8H11NO.CH4.H2/c1-5-7-9(10,6-2)8(3)4;10-9-7-6-8-4-2-1-3-5-8;;/h8,10H,5-7H2,1-4H3;1-5,9-10H,6-7H2;1H4;1H. The summed E-state index contributed by atoms with van der Waals surface area (Å²) in [4.78, 5) is 0. The monoisotopic (exact) mass is 299 g/mol. The van der Waals surface area contributed by atoms with Crippen LogP contribution in [0, 0.1) is 5.92 Å². The molecule has 1 atom stereocenters. The van der Waals surface area contributed by atoms with E-state index >= 15 is 0 Å². The van der Waals surface area contributed by atoms with Gasteiger partial charge in [0.1, 0.15) is 0 Å². The molecule has 0 heterocycles. The van der Waals surface area contributed by atoms with Crippen LogP contribution in [0.4, 0.5) is 0 Å². The van der Waals surface area contributed by atoms with Gasteiger partial charge in [0, 0.05) is 7.97 Å². The molecule has 0 aliphatic heterocycles. The number of benzene rings is 1. The van der Waals surface area contributed by atoms with E-state index in [-0.39, 0.29) is 8.85 Å². The van der Waals surface area contributed by atoms with Gasteiger partial charge in [0.05, 0.1) is 5.60 Å². The fourth-order valence-electron chi connectivity index (χ4n) is 2.15. The fraction of sp³-hybridized carbons (Fsp3) is 0.667. The smallest absolute Gasteiger partial charge is 0.0667 e. The molecule has 1 unspecified atom stereocenters. The lowest BCUT2D eigenvalue weighted by Gasteiger charge is -2.30. The van der Waals surface area contributed by atoms with Gasteiger partial charge in [-0.3, -0.25) is 0 Å². The second kappa shape index (κ2) is 12.8. The molecule has 3 nitrogen and oxygen atoms in total. The van der Waals surface area contributed by atoms with Gasteiger partial charge in [-0.2, -0.15) is 0 Å². The van der Waals surface area contributed by atoms with Crippen molar-refractivity contribution >= 4 is 0 Å². The Balaban J connectivity index is -0.000000301. The van der Waals surface area contributed by atoms with E-state index in [0.29, 0.717) is 12.5 Å². The van der Waals surface area contributed by atoms with E-state index in [1.807, 2.05) is 30.3 Å². The first kappa shape index (κ1) is 22.4. The molecule has 0 radical (unpaired) electrons. The molecule has 3 heteroatoms. The summed E-state index contributed by atoms with van der Waals surface area (Å²) < 4.78 is 0. The van der Waals surface area contributed by atoms with Crippen LogP contribution in [-0.4, -0.2) is 22.5 Å². The fourth-order valence-corrected chi connectivity index (χ4v) is 2.15. The Bertz CT molecular complexity index is 333. The van der Waals surface area contributed by atoms with Crippen LogP contribution in [0.1, 0.15) is 61.4 Å². The maximum absolute atomic E-state index is 9.90. The maximum Gasteiger partial charge on any atom is 0.0667 e. The predicted molar refractivity (Wildman–Crippen MR) is 93.8 cm³/mol. The number of hydrogen-bond acceptors (Lipinski definition) is 3. The van der Waals surface area contributed by atoms with Crippen molar-refractivity contribution in [2.75, 3.05) is 6.54 Å². The van der Waals surface area contributed by atoms with Gasteiger partial charge in [0.15, 0.2) is 0 Å². The molecule has 3 N–H and O–H groups in total. The van der Waals surface area contributed by atoms with Crippen LogP contribution in [-0.2, 0) is 6.42 Å². The summed E-state index contributed by atoms with van der Waals surface area (Å²) in [5, 5.41) is 18.2. The van der Waals surface area contributed by atoms with Crippen molar-refractivity contribution in [3.05, 3.63) is 35.9 Å². The van der Waals surface area contributed by atoms with E-state index in [1.165, 1.54) is 5.56 Å². The Morgan fingerprint density at radius 2 is 1.76 bits per heavy atom. The third-order valence-electron chi connectivity index (χ3n) is 3.74. The molecule has 126 valence electrons. The zero-order valence-corrected chi connectivity index (χ0v) is 13.4. The van der Waals surface area contributed by atoms with Crippen LogP contribution in [0.5, 0.6) is 0 Å². The average Bonchev–Trinajstić information content (AvgIpc) is 2.47. The summed E-state index contributed by atoms with van der Waals surface area (Å²) >= 11 is 0. The molecule has 0 saturated heterocycles. The Morgan fingerprint density at radius 1 is 1.19 bits per heavy atom. The van der Waals surface area contributed by atoms with Crippen LogP contribution in [0.25, 0.3) is 0 Å². The van der Waals surface area contributed by atoms with Gasteiger partial charge < -0.3 is 10.3 Å². The lowest BCUT2D eigenvalue weighted by molar-refractivity contribution is -0.0170. The summed E-state index contributed by atoms with van der Waals surface area (Å²) in [7, 11) is 0. The first-order valence-corrected chi connectivity index (χ1v) is 7.63. The van der Waals surface area contributed by atoms with Crippen molar-refractivity contribution in [3.8, 4) is 0 Å². The van der Waals surface area contributed by atoms with Crippen molar-refractivity contribution < 1.29 is 11.7 Å². The van der Waals surface area contributed by atoms with Gasteiger partial charge in [-0.1, -0.05) is 71.9 Å². The van der Waals surface area contributed by atoms with Crippen LogP contribution in [0.3, 0.4) is 0 Å². The minimum absolute atomic E-state index is 0. The first-order valence-electron chi connectivity index (χ1n) is 7.63. The highest BCUT2D eigenvalue weighted by atomic mass is 16.5. The Hall–Kier alpha value is -0.900. The molecule has 0 amide bonds. The first-order chi connectivity index (χ1) is 9.50. The SMILES string of the molecule is C.CCCC(O)(CC)C(C)C.ONCCc1ccccc1.[HH]. The normalized spacial score (nSPS) is 12.9. The number of nitrogens with one attached hydrogen (secondary N) is 1. The molecular formula is C18H37NO2. The van der Waals surface area contributed by atoms with Crippen LogP contribution in [0.2, 0.25) is 0 Å². The molecule has 0 aliphatic carbocycles. The average molecular weight is 299 g/mol. The Morgan fingerprint density at radius 3 is 2.10 bits per heavy atom. The highest BCUT2D eigenvalue weighted by molar-refractivity contribution is 5.14. The number of aliphatic hydroxyl groups is 1. The minimum Gasteiger partial charge on any atom is -0.390 e. The number of rotatable bonds is 7. The van der Waals surface area contributed by atoms with E-state index in [2.05, 4.69) is 33.2 Å². The molecule has 0 fully saturated rings. The lowest BCUT2D eigenvalue weighted by Crippen LogP contribution is -2.33. The quantitative estimate of drug-likeness (QED) is 0.641. The highest BCUT2D eigenvalue weighted by Gasteiger charge is 2.26. The number of hydroxylamine groups is 1. The highest BCUT2D eigenvalue weighted by Crippen LogP contribution is 2.25.